The topological polar surface area (TPSA) is 99.3 Å². The first-order valence-corrected chi connectivity index (χ1v) is 5.84. The van der Waals surface area contributed by atoms with Crippen LogP contribution in [0.4, 0.5) is 0 Å². The SMILES string of the molecule is CCNS(=O)(=O)N(CC(=N)N)C(C)C. The Labute approximate surface area is 85.2 Å². The molecule has 0 atom stereocenters. The lowest BCUT2D eigenvalue weighted by Crippen LogP contribution is -2.48. The van der Waals surface area contributed by atoms with Crippen molar-refractivity contribution >= 4 is 16.0 Å². The van der Waals surface area contributed by atoms with Gasteiger partial charge in [0.1, 0.15) is 5.84 Å². The van der Waals surface area contributed by atoms with E-state index >= 15 is 0 Å². The Balaban J connectivity index is 4.73. The number of nitrogens with one attached hydrogen (secondary N) is 2. The number of nitrogens with zero attached hydrogens (tertiary/aromatic N) is 1. The number of rotatable bonds is 6. The molecule has 0 heterocycles. The minimum absolute atomic E-state index is 0.0764. The number of hydrogen-bond acceptors (Lipinski definition) is 3. The van der Waals surface area contributed by atoms with Gasteiger partial charge in [0, 0.05) is 12.6 Å². The molecule has 0 fully saturated rings. The Hall–Kier alpha value is -0.660. The highest BCUT2D eigenvalue weighted by molar-refractivity contribution is 7.87. The molecule has 0 unspecified atom stereocenters. The fourth-order valence-corrected chi connectivity index (χ4v) is 2.37. The molecule has 0 amide bonds. The Morgan fingerprint density at radius 1 is 1.57 bits per heavy atom. The van der Waals surface area contributed by atoms with Crippen LogP contribution in [-0.2, 0) is 10.2 Å². The third-order valence-electron chi connectivity index (χ3n) is 1.54. The molecule has 0 spiro atoms. The average molecular weight is 222 g/mol. The number of hydrogen-bond donors (Lipinski definition) is 3. The monoisotopic (exact) mass is 222 g/mol. The summed E-state index contributed by atoms with van der Waals surface area (Å²) in [5.74, 6) is -0.167. The predicted octanol–water partition coefficient (Wildman–Crippen LogP) is -0.513. The van der Waals surface area contributed by atoms with Gasteiger partial charge in [-0.2, -0.15) is 12.7 Å². The summed E-state index contributed by atoms with van der Waals surface area (Å²) >= 11 is 0. The quantitative estimate of drug-likeness (QED) is 0.417. The third-order valence-corrected chi connectivity index (χ3v) is 3.36. The van der Waals surface area contributed by atoms with Crippen LogP contribution in [0.5, 0.6) is 0 Å². The minimum Gasteiger partial charge on any atom is -0.387 e. The van der Waals surface area contributed by atoms with Gasteiger partial charge in [0.25, 0.3) is 10.2 Å². The molecule has 0 saturated heterocycles. The van der Waals surface area contributed by atoms with E-state index < -0.39 is 10.2 Å². The van der Waals surface area contributed by atoms with E-state index in [4.69, 9.17) is 11.1 Å². The van der Waals surface area contributed by atoms with Gasteiger partial charge in [0.2, 0.25) is 0 Å². The second-order valence-corrected chi connectivity index (χ2v) is 4.87. The van der Waals surface area contributed by atoms with Crippen LogP contribution in [-0.4, -0.2) is 37.7 Å². The Morgan fingerprint density at radius 3 is 2.36 bits per heavy atom. The van der Waals surface area contributed by atoms with Crippen molar-refractivity contribution in [1.29, 1.82) is 5.41 Å². The predicted molar refractivity (Wildman–Crippen MR) is 56.4 cm³/mol. The molecule has 84 valence electrons. The van der Waals surface area contributed by atoms with Crippen LogP contribution in [0.25, 0.3) is 0 Å². The zero-order valence-corrected chi connectivity index (χ0v) is 9.56. The molecule has 7 heteroatoms. The summed E-state index contributed by atoms with van der Waals surface area (Å²) in [5, 5.41) is 7.07. The minimum atomic E-state index is -3.50. The maximum atomic E-state index is 11.6. The van der Waals surface area contributed by atoms with Crippen molar-refractivity contribution in [3.05, 3.63) is 0 Å². The summed E-state index contributed by atoms with van der Waals surface area (Å²) in [5.41, 5.74) is 5.17. The molecular formula is C7H18N4O2S. The van der Waals surface area contributed by atoms with Gasteiger partial charge in [-0.1, -0.05) is 6.92 Å². The van der Waals surface area contributed by atoms with Crippen LogP contribution < -0.4 is 10.5 Å². The summed E-state index contributed by atoms with van der Waals surface area (Å²) in [6.07, 6.45) is 0. The molecule has 0 rings (SSSR count). The first-order chi connectivity index (χ1) is 6.31. The van der Waals surface area contributed by atoms with Gasteiger partial charge in [0.15, 0.2) is 0 Å². The largest absolute Gasteiger partial charge is 0.387 e. The zero-order chi connectivity index (χ0) is 11.4. The van der Waals surface area contributed by atoms with Gasteiger partial charge >= 0.3 is 0 Å². The second-order valence-electron chi connectivity index (χ2n) is 3.17. The standard InChI is InChI=1S/C7H18N4O2S/c1-4-10-14(12,13)11(6(2)3)5-7(8)9/h6,10H,4-5H2,1-3H3,(H3,8,9). The van der Waals surface area contributed by atoms with Crippen molar-refractivity contribution in [2.24, 2.45) is 5.73 Å². The molecule has 14 heavy (non-hydrogen) atoms. The molecule has 0 radical (unpaired) electrons. The smallest absolute Gasteiger partial charge is 0.280 e. The third kappa shape index (κ3) is 4.03. The van der Waals surface area contributed by atoms with Crippen LogP contribution in [0.15, 0.2) is 0 Å². The van der Waals surface area contributed by atoms with Crippen LogP contribution in [0, 0.1) is 5.41 Å². The molecule has 4 N–H and O–H groups in total. The van der Waals surface area contributed by atoms with Crippen LogP contribution in [0.1, 0.15) is 20.8 Å². The second kappa shape index (κ2) is 5.28. The van der Waals surface area contributed by atoms with E-state index in [-0.39, 0.29) is 18.4 Å². The molecule has 0 aromatic rings. The number of nitrogens with two attached hydrogens (primary N) is 1. The van der Waals surface area contributed by atoms with Gasteiger partial charge < -0.3 is 5.73 Å². The summed E-state index contributed by atoms with van der Waals surface area (Å²) in [6.45, 7) is 5.41. The van der Waals surface area contributed by atoms with Crippen molar-refractivity contribution in [1.82, 2.24) is 9.03 Å². The molecule has 0 aliphatic carbocycles. The van der Waals surface area contributed by atoms with Crippen LogP contribution in [0.3, 0.4) is 0 Å². The number of amidine groups is 1. The Morgan fingerprint density at radius 2 is 2.07 bits per heavy atom. The van der Waals surface area contributed by atoms with Crippen molar-refractivity contribution < 1.29 is 8.42 Å². The molecule has 0 aromatic carbocycles. The normalized spacial score (nSPS) is 12.4. The average Bonchev–Trinajstić information content (AvgIpc) is 1.99. The molecular weight excluding hydrogens is 204 g/mol. The van der Waals surface area contributed by atoms with E-state index in [1.54, 1.807) is 20.8 Å². The molecule has 0 aliphatic rings. The lowest BCUT2D eigenvalue weighted by Gasteiger charge is -2.24. The highest BCUT2D eigenvalue weighted by Gasteiger charge is 2.24. The molecule has 0 aliphatic heterocycles. The van der Waals surface area contributed by atoms with Gasteiger partial charge in [0.05, 0.1) is 6.54 Å². The maximum Gasteiger partial charge on any atom is 0.280 e. The zero-order valence-electron chi connectivity index (χ0n) is 8.74. The molecule has 0 aromatic heterocycles. The van der Waals surface area contributed by atoms with Crippen molar-refractivity contribution in [3.63, 3.8) is 0 Å². The van der Waals surface area contributed by atoms with Crippen molar-refractivity contribution in [3.8, 4) is 0 Å². The van der Waals surface area contributed by atoms with E-state index in [0.29, 0.717) is 6.54 Å². The highest BCUT2D eigenvalue weighted by Crippen LogP contribution is 2.03. The molecule has 0 bridgehead atoms. The summed E-state index contributed by atoms with van der Waals surface area (Å²) < 4.78 is 26.6. The van der Waals surface area contributed by atoms with Crippen LogP contribution >= 0.6 is 0 Å². The van der Waals surface area contributed by atoms with E-state index in [1.165, 1.54) is 0 Å². The first-order valence-electron chi connectivity index (χ1n) is 4.40. The Bertz CT molecular complexity index is 286. The van der Waals surface area contributed by atoms with E-state index in [0.717, 1.165) is 4.31 Å². The summed E-state index contributed by atoms with van der Waals surface area (Å²) in [7, 11) is -3.50. The van der Waals surface area contributed by atoms with Crippen molar-refractivity contribution in [2.45, 2.75) is 26.8 Å². The van der Waals surface area contributed by atoms with Crippen molar-refractivity contribution in [2.75, 3.05) is 13.1 Å². The van der Waals surface area contributed by atoms with E-state index in [2.05, 4.69) is 4.72 Å². The lowest BCUT2D eigenvalue weighted by molar-refractivity contribution is 0.382. The maximum absolute atomic E-state index is 11.6. The van der Waals surface area contributed by atoms with E-state index in [9.17, 15) is 8.42 Å². The molecule has 6 nitrogen and oxygen atoms in total. The Kier molecular flexibility index (Phi) is 5.03. The fraction of sp³-hybridized carbons (Fsp3) is 0.857. The highest BCUT2D eigenvalue weighted by atomic mass is 32.2. The lowest BCUT2D eigenvalue weighted by atomic mass is 10.4. The van der Waals surface area contributed by atoms with Gasteiger partial charge in [-0.05, 0) is 13.8 Å². The summed E-state index contributed by atoms with van der Waals surface area (Å²) in [6, 6.07) is -0.219. The molecule has 0 saturated carbocycles. The summed E-state index contributed by atoms with van der Waals surface area (Å²) in [4.78, 5) is 0. The van der Waals surface area contributed by atoms with Gasteiger partial charge in [-0.25, -0.2) is 4.72 Å². The van der Waals surface area contributed by atoms with Gasteiger partial charge in [-0.15, -0.1) is 0 Å². The van der Waals surface area contributed by atoms with Crippen LogP contribution in [0.2, 0.25) is 0 Å². The first kappa shape index (κ1) is 13.3. The fourth-order valence-electron chi connectivity index (χ4n) is 0.978. The van der Waals surface area contributed by atoms with Gasteiger partial charge in [-0.3, -0.25) is 5.41 Å². The van der Waals surface area contributed by atoms with E-state index in [1.807, 2.05) is 0 Å².